The number of carbonyl (C=O) groups excluding carboxylic acids is 1. The average molecular weight is 254 g/mol. The van der Waals surface area contributed by atoms with Gasteiger partial charge in [-0.05, 0) is 18.1 Å². The monoisotopic (exact) mass is 254 g/mol. The molecule has 0 unspecified atom stereocenters. The van der Waals surface area contributed by atoms with E-state index < -0.39 is 23.4 Å². The molecule has 18 heavy (non-hydrogen) atoms. The summed E-state index contributed by atoms with van der Waals surface area (Å²) < 4.78 is 13.3. The summed E-state index contributed by atoms with van der Waals surface area (Å²) in [6.07, 6.45) is 0. The van der Waals surface area contributed by atoms with Crippen molar-refractivity contribution in [3.05, 3.63) is 29.6 Å². The van der Waals surface area contributed by atoms with Gasteiger partial charge < -0.3 is 15.7 Å². The maximum Gasteiger partial charge on any atom is 0.340 e. The molecule has 6 heteroatoms. The van der Waals surface area contributed by atoms with Crippen LogP contribution < -0.4 is 10.6 Å². The summed E-state index contributed by atoms with van der Waals surface area (Å²) in [5, 5.41) is 13.7. The first kappa shape index (κ1) is 14.0. The molecule has 0 spiro atoms. The van der Waals surface area contributed by atoms with Crippen LogP contribution in [0, 0.1) is 11.7 Å². The normalized spacial score (nSPS) is 10.2. The second-order valence-electron chi connectivity index (χ2n) is 4.20. The van der Waals surface area contributed by atoms with Crippen molar-refractivity contribution in [2.45, 2.75) is 13.8 Å². The summed E-state index contributed by atoms with van der Waals surface area (Å²) in [5.41, 5.74) is -0.610. The predicted molar refractivity (Wildman–Crippen MR) is 65.2 cm³/mol. The summed E-state index contributed by atoms with van der Waals surface area (Å²) in [4.78, 5) is 22.3. The minimum atomic E-state index is -1.42. The van der Waals surface area contributed by atoms with E-state index in [1.807, 2.05) is 13.8 Å². The molecule has 98 valence electrons. The lowest BCUT2D eigenvalue weighted by atomic mass is 10.1. The second-order valence-corrected chi connectivity index (χ2v) is 4.20. The minimum Gasteiger partial charge on any atom is -0.478 e. The van der Waals surface area contributed by atoms with Gasteiger partial charge in [-0.25, -0.2) is 14.0 Å². The van der Waals surface area contributed by atoms with Crippen molar-refractivity contribution in [3.63, 3.8) is 0 Å². The summed E-state index contributed by atoms with van der Waals surface area (Å²) in [6.45, 7) is 4.29. The van der Waals surface area contributed by atoms with Crippen LogP contribution in [0.4, 0.5) is 14.9 Å². The first-order chi connectivity index (χ1) is 8.41. The number of anilines is 1. The van der Waals surface area contributed by atoms with Crippen molar-refractivity contribution >= 4 is 17.7 Å². The van der Waals surface area contributed by atoms with Crippen molar-refractivity contribution in [2.75, 3.05) is 11.9 Å². The summed E-state index contributed by atoms with van der Waals surface area (Å²) in [5.74, 6) is -2.04. The lowest BCUT2D eigenvalue weighted by Gasteiger charge is -2.11. The van der Waals surface area contributed by atoms with Gasteiger partial charge in [-0.1, -0.05) is 19.9 Å². The Morgan fingerprint density at radius 2 is 2.06 bits per heavy atom. The van der Waals surface area contributed by atoms with Gasteiger partial charge in [0.1, 0.15) is 11.4 Å². The van der Waals surface area contributed by atoms with Crippen LogP contribution in [0.3, 0.4) is 0 Å². The molecule has 1 rings (SSSR count). The molecular weight excluding hydrogens is 239 g/mol. The van der Waals surface area contributed by atoms with E-state index >= 15 is 0 Å². The molecule has 0 saturated carbocycles. The number of benzene rings is 1. The standard InChI is InChI=1S/C12H15FN2O3/c1-7(2)6-14-12(18)15-9-5-3-4-8(13)10(9)11(16)17/h3-5,7H,6H2,1-2H3,(H,16,17)(H2,14,15,18). The zero-order valence-electron chi connectivity index (χ0n) is 10.2. The molecule has 0 fully saturated rings. The largest absolute Gasteiger partial charge is 0.478 e. The molecule has 0 bridgehead atoms. The summed E-state index contributed by atoms with van der Waals surface area (Å²) in [6, 6.07) is 3.14. The van der Waals surface area contributed by atoms with Gasteiger partial charge >= 0.3 is 12.0 Å². The molecule has 1 aromatic rings. The lowest BCUT2D eigenvalue weighted by Crippen LogP contribution is -2.32. The van der Waals surface area contributed by atoms with Crippen molar-refractivity contribution < 1.29 is 19.1 Å². The maximum absolute atomic E-state index is 13.3. The quantitative estimate of drug-likeness (QED) is 0.771. The van der Waals surface area contributed by atoms with E-state index in [2.05, 4.69) is 10.6 Å². The number of hydrogen-bond acceptors (Lipinski definition) is 2. The Hall–Kier alpha value is -2.11. The number of hydrogen-bond donors (Lipinski definition) is 3. The van der Waals surface area contributed by atoms with Gasteiger partial charge in [0.25, 0.3) is 0 Å². The van der Waals surface area contributed by atoms with Crippen LogP contribution in [0.15, 0.2) is 18.2 Å². The van der Waals surface area contributed by atoms with Gasteiger partial charge in [0.2, 0.25) is 0 Å². The summed E-state index contributed by atoms with van der Waals surface area (Å²) >= 11 is 0. The number of aromatic carboxylic acids is 1. The van der Waals surface area contributed by atoms with Gasteiger partial charge in [0.15, 0.2) is 0 Å². The molecular formula is C12H15FN2O3. The van der Waals surface area contributed by atoms with E-state index in [-0.39, 0.29) is 11.6 Å². The Balaban J connectivity index is 2.81. The third kappa shape index (κ3) is 3.73. The van der Waals surface area contributed by atoms with Crippen LogP contribution in [-0.4, -0.2) is 23.7 Å². The van der Waals surface area contributed by atoms with E-state index in [1.165, 1.54) is 12.1 Å². The lowest BCUT2D eigenvalue weighted by molar-refractivity contribution is 0.0693. The number of carboxylic acid groups (broad SMARTS) is 1. The fourth-order valence-electron chi connectivity index (χ4n) is 1.31. The van der Waals surface area contributed by atoms with Crippen LogP contribution in [0.5, 0.6) is 0 Å². The zero-order chi connectivity index (χ0) is 13.7. The van der Waals surface area contributed by atoms with Gasteiger partial charge in [0, 0.05) is 6.54 Å². The predicted octanol–water partition coefficient (Wildman–Crippen LogP) is 2.30. The van der Waals surface area contributed by atoms with Crippen LogP contribution in [0.1, 0.15) is 24.2 Å². The molecule has 0 aliphatic rings. The average Bonchev–Trinajstić information content (AvgIpc) is 2.26. The highest BCUT2D eigenvalue weighted by molar-refractivity contribution is 6.00. The highest BCUT2D eigenvalue weighted by Gasteiger charge is 2.17. The highest BCUT2D eigenvalue weighted by atomic mass is 19.1. The number of halogens is 1. The SMILES string of the molecule is CC(C)CNC(=O)Nc1cccc(F)c1C(=O)O. The molecule has 1 aromatic carbocycles. The fourth-order valence-corrected chi connectivity index (χ4v) is 1.31. The Bertz CT molecular complexity index is 461. The first-order valence-electron chi connectivity index (χ1n) is 5.48. The van der Waals surface area contributed by atoms with E-state index in [0.29, 0.717) is 6.54 Å². The van der Waals surface area contributed by atoms with E-state index in [0.717, 1.165) is 6.07 Å². The number of urea groups is 1. The molecule has 0 aliphatic carbocycles. The van der Waals surface area contributed by atoms with E-state index in [1.54, 1.807) is 0 Å². The first-order valence-corrected chi connectivity index (χ1v) is 5.48. The maximum atomic E-state index is 13.3. The number of nitrogens with one attached hydrogen (secondary N) is 2. The van der Waals surface area contributed by atoms with Gasteiger partial charge in [0.05, 0.1) is 5.69 Å². The molecule has 0 aliphatic heterocycles. The zero-order valence-corrected chi connectivity index (χ0v) is 10.2. The minimum absolute atomic E-state index is 0.0660. The molecule has 0 heterocycles. The Labute approximate surface area is 104 Å². The molecule has 0 aromatic heterocycles. The molecule has 0 atom stereocenters. The summed E-state index contributed by atoms with van der Waals surface area (Å²) in [7, 11) is 0. The Morgan fingerprint density at radius 1 is 1.39 bits per heavy atom. The van der Waals surface area contributed by atoms with Gasteiger partial charge in [-0.15, -0.1) is 0 Å². The third-order valence-corrected chi connectivity index (χ3v) is 2.15. The van der Waals surface area contributed by atoms with Crippen molar-refractivity contribution in [1.82, 2.24) is 5.32 Å². The van der Waals surface area contributed by atoms with Crippen molar-refractivity contribution in [3.8, 4) is 0 Å². The second kappa shape index (κ2) is 6.00. The Morgan fingerprint density at radius 3 is 2.61 bits per heavy atom. The van der Waals surface area contributed by atoms with Crippen LogP contribution >= 0.6 is 0 Å². The smallest absolute Gasteiger partial charge is 0.340 e. The van der Waals surface area contributed by atoms with Crippen molar-refractivity contribution in [2.24, 2.45) is 5.92 Å². The van der Waals surface area contributed by atoms with E-state index in [9.17, 15) is 14.0 Å². The molecule has 0 saturated heterocycles. The van der Waals surface area contributed by atoms with Crippen LogP contribution in [0.2, 0.25) is 0 Å². The molecule has 5 nitrogen and oxygen atoms in total. The van der Waals surface area contributed by atoms with E-state index in [4.69, 9.17) is 5.11 Å². The van der Waals surface area contributed by atoms with Crippen LogP contribution in [0.25, 0.3) is 0 Å². The van der Waals surface area contributed by atoms with Crippen molar-refractivity contribution in [1.29, 1.82) is 0 Å². The highest BCUT2D eigenvalue weighted by Crippen LogP contribution is 2.18. The Kier molecular flexibility index (Phi) is 4.65. The van der Waals surface area contributed by atoms with Crippen LogP contribution in [-0.2, 0) is 0 Å². The van der Waals surface area contributed by atoms with Gasteiger partial charge in [-0.2, -0.15) is 0 Å². The number of carbonyl (C=O) groups is 2. The molecule has 2 amide bonds. The number of carboxylic acids is 1. The molecule has 3 N–H and O–H groups in total. The molecule has 0 radical (unpaired) electrons. The van der Waals surface area contributed by atoms with Gasteiger partial charge in [-0.3, -0.25) is 0 Å². The topological polar surface area (TPSA) is 78.4 Å². The number of amides is 2. The third-order valence-electron chi connectivity index (χ3n) is 2.15. The number of rotatable bonds is 4. The fraction of sp³-hybridized carbons (Fsp3) is 0.333.